The average Bonchev–Trinajstić information content (AvgIpc) is 2.59. The number of nitrogens with zero attached hydrogens (tertiary/aromatic N) is 3. The van der Waals surface area contributed by atoms with Crippen LogP contribution in [0.25, 0.3) is 0 Å². The number of ether oxygens (including phenoxy) is 1. The van der Waals surface area contributed by atoms with Gasteiger partial charge in [0.1, 0.15) is 11.6 Å². The molecule has 8 nitrogen and oxygen atoms in total. The topological polar surface area (TPSA) is 96.5 Å². The minimum absolute atomic E-state index is 0.0102. The molecule has 0 aliphatic carbocycles. The molecule has 26 heavy (non-hydrogen) atoms. The number of sulfonamides is 1. The van der Waals surface area contributed by atoms with Crippen molar-refractivity contribution in [3.63, 3.8) is 0 Å². The maximum atomic E-state index is 12.4. The normalized spacial score (nSPS) is 11.4. The molecule has 0 radical (unpaired) electrons. The third-order valence-corrected chi connectivity index (χ3v) is 5.07. The van der Waals surface area contributed by atoms with E-state index in [2.05, 4.69) is 25.1 Å². The van der Waals surface area contributed by atoms with E-state index < -0.39 is 10.0 Å². The molecule has 10 heteroatoms. The van der Waals surface area contributed by atoms with Gasteiger partial charge in [0.05, 0.1) is 17.0 Å². The Morgan fingerprint density at radius 1 is 1.15 bits per heavy atom. The second-order valence-corrected chi connectivity index (χ2v) is 7.88. The molecular weight excluding hydrogens is 378 g/mol. The second kappa shape index (κ2) is 9.02. The minimum atomic E-state index is -3.82. The summed E-state index contributed by atoms with van der Waals surface area (Å²) < 4.78 is 32.2. The van der Waals surface area contributed by atoms with Gasteiger partial charge in [-0.15, -0.1) is 10.2 Å². The van der Waals surface area contributed by atoms with Crippen LogP contribution in [0.5, 0.6) is 5.75 Å². The molecule has 0 aliphatic rings. The van der Waals surface area contributed by atoms with E-state index in [-0.39, 0.29) is 15.7 Å². The van der Waals surface area contributed by atoms with Crippen LogP contribution in [0.4, 0.5) is 11.6 Å². The number of methoxy groups -OCH3 is 1. The van der Waals surface area contributed by atoms with Crippen LogP contribution in [0.1, 0.15) is 6.42 Å². The molecule has 1 heterocycles. The van der Waals surface area contributed by atoms with Crippen LogP contribution in [-0.2, 0) is 10.0 Å². The van der Waals surface area contributed by atoms with E-state index in [9.17, 15) is 8.42 Å². The highest BCUT2D eigenvalue weighted by atomic mass is 35.5. The second-order valence-electron chi connectivity index (χ2n) is 5.79. The molecule has 1 aromatic heterocycles. The highest BCUT2D eigenvalue weighted by molar-refractivity contribution is 7.92. The molecule has 2 N–H and O–H groups in total. The molecule has 2 aromatic rings. The Kier molecular flexibility index (Phi) is 7.01. The Balaban J connectivity index is 2.00. The van der Waals surface area contributed by atoms with Crippen LogP contribution in [0.3, 0.4) is 0 Å². The maximum absolute atomic E-state index is 12.4. The Bertz CT molecular complexity index is 828. The van der Waals surface area contributed by atoms with E-state index in [0.29, 0.717) is 11.6 Å². The van der Waals surface area contributed by atoms with Gasteiger partial charge in [-0.1, -0.05) is 11.6 Å². The molecule has 0 bridgehead atoms. The van der Waals surface area contributed by atoms with Crippen LogP contribution in [0.15, 0.2) is 35.2 Å². The average molecular weight is 400 g/mol. The van der Waals surface area contributed by atoms with Gasteiger partial charge >= 0.3 is 0 Å². The van der Waals surface area contributed by atoms with Crippen molar-refractivity contribution >= 4 is 33.3 Å². The predicted octanol–water partition coefficient (Wildman–Crippen LogP) is 2.30. The standard InChI is InChI=1S/C16H22ClN5O3S/c1-22(2)10-4-9-18-15-7-8-16(20-19-15)21-26(23,24)12-5-6-14(25-3)13(17)11-12/h5-8,11H,4,9-10H2,1-3H3,(H,18,19)(H,20,21). The summed E-state index contributed by atoms with van der Waals surface area (Å²) in [7, 11) is 1.66. The van der Waals surface area contributed by atoms with E-state index in [1.54, 1.807) is 12.1 Å². The molecule has 0 amide bonds. The van der Waals surface area contributed by atoms with Crippen molar-refractivity contribution in [2.45, 2.75) is 11.3 Å². The molecule has 0 spiro atoms. The molecule has 0 saturated heterocycles. The summed E-state index contributed by atoms with van der Waals surface area (Å²) in [4.78, 5) is 2.10. The quantitative estimate of drug-likeness (QED) is 0.624. The SMILES string of the molecule is COc1ccc(S(=O)(=O)Nc2ccc(NCCCN(C)C)nn2)cc1Cl. The predicted molar refractivity (Wildman–Crippen MR) is 103 cm³/mol. The van der Waals surface area contributed by atoms with Crippen LogP contribution >= 0.6 is 11.6 Å². The van der Waals surface area contributed by atoms with Crippen molar-refractivity contribution in [1.82, 2.24) is 15.1 Å². The lowest BCUT2D eigenvalue weighted by Gasteiger charge is -2.11. The number of hydrogen-bond acceptors (Lipinski definition) is 7. The first-order valence-electron chi connectivity index (χ1n) is 7.90. The number of hydrogen-bond donors (Lipinski definition) is 2. The van der Waals surface area contributed by atoms with Crippen LogP contribution in [-0.4, -0.2) is 57.8 Å². The Labute approximate surface area is 158 Å². The van der Waals surface area contributed by atoms with Gasteiger partial charge in [-0.05, 0) is 57.4 Å². The fourth-order valence-corrected chi connectivity index (χ4v) is 3.45. The summed E-state index contributed by atoms with van der Waals surface area (Å²) in [6, 6.07) is 7.42. The highest BCUT2D eigenvalue weighted by Gasteiger charge is 2.17. The summed E-state index contributed by atoms with van der Waals surface area (Å²) in [5.41, 5.74) is 0. The van der Waals surface area contributed by atoms with Crippen molar-refractivity contribution in [2.75, 3.05) is 44.3 Å². The number of rotatable bonds is 9. The van der Waals surface area contributed by atoms with E-state index in [4.69, 9.17) is 16.3 Å². The van der Waals surface area contributed by atoms with Gasteiger partial charge in [-0.3, -0.25) is 4.72 Å². The maximum Gasteiger partial charge on any atom is 0.263 e. The summed E-state index contributed by atoms with van der Waals surface area (Å²) in [6.45, 7) is 1.71. The van der Waals surface area contributed by atoms with Gasteiger partial charge in [-0.2, -0.15) is 0 Å². The first kappa shape index (κ1) is 20.2. The number of benzene rings is 1. The van der Waals surface area contributed by atoms with Gasteiger partial charge in [-0.25, -0.2) is 8.42 Å². The molecule has 0 saturated carbocycles. The van der Waals surface area contributed by atoms with Crippen LogP contribution in [0.2, 0.25) is 5.02 Å². The monoisotopic (exact) mass is 399 g/mol. The zero-order valence-corrected chi connectivity index (χ0v) is 16.4. The largest absolute Gasteiger partial charge is 0.495 e. The minimum Gasteiger partial charge on any atom is -0.495 e. The van der Waals surface area contributed by atoms with Crippen molar-refractivity contribution in [3.8, 4) is 5.75 Å². The fourth-order valence-electron chi connectivity index (χ4n) is 2.10. The molecule has 0 fully saturated rings. The van der Waals surface area contributed by atoms with Gasteiger partial charge in [0, 0.05) is 6.54 Å². The Hall–Kier alpha value is -2.10. The molecule has 142 valence electrons. The van der Waals surface area contributed by atoms with Gasteiger partial charge in [0.2, 0.25) is 0 Å². The van der Waals surface area contributed by atoms with Crippen molar-refractivity contribution in [2.24, 2.45) is 0 Å². The summed E-state index contributed by atoms with van der Waals surface area (Å²) in [5, 5.41) is 11.2. The third-order valence-electron chi connectivity index (χ3n) is 3.43. The molecule has 0 atom stereocenters. The fraction of sp³-hybridized carbons (Fsp3) is 0.375. The lowest BCUT2D eigenvalue weighted by molar-refractivity contribution is 0.405. The summed E-state index contributed by atoms with van der Waals surface area (Å²) in [5.74, 6) is 1.10. The first-order chi connectivity index (χ1) is 12.3. The number of nitrogens with one attached hydrogen (secondary N) is 2. The molecular formula is C16H22ClN5O3S. The van der Waals surface area contributed by atoms with E-state index in [0.717, 1.165) is 19.5 Å². The Morgan fingerprint density at radius 3 is 2.42 bits per heavy atom. The van der Waals surface area contributed by atoms with E-state index >= 15 is 0 Å². The zero-order chi connectivity index (χ0) is 19.2. The first-order valence-corrected chi connectivity index (χ1v) is 9.76. The zero-order valence-electron chi connectivity index (χ0n) is 14.9. The highest BCUT2D eigenvalue weighted by Crippen LogP contribution is 2.27. The molecule has 0 aliphatic heterocycles. The van der Waals surface area contributed by atoms with Crippen molar-refractivity contribution in [3.05, 3.63) is 35.4 Å². The van der Waals surface area contributed by atoms with Gasteiger partial charge < -0.3 is 15.0 Å². The van der Waals surface area contributed by atoms with Crippen molar-refractivity contribution < 1.29 is 13.2 Å². The Morgan fingerprint density at radius 2 is 1.85 bits per heavy atom. The number of aromatic nitrogens is 2. The third kappa shape index (κ3) is 5.72. The number of anilines is 2. The lowest BCUT2D eigenvalue weighted by atomic mass is 10.3. The molecule has 2 rings (SSSR count). The smallest absolute Gasteiger partial charge is 0.263 e. The van der Waals surface area contributed by atoms with E-state index in [1.165, 1.54) is 25.3 Å². The summed E-state index contributed by atoms with van der Waals surface area (Å²) >= 11 is 5.98. The molecule has 1 aromatic carbocycles. The van der Waals surface area contributed by atoms with Gasteiger partial charge in [0.15, 0.2) is 5.82 Å². The van der Waals surface area contributed by atoms with Crippen LogP contribution < -0.4 is 14.8 Å². The summed E-state index contributed by atoms with van der Waals surface area (Å²) in [6.07, 6.45) is 0.960. The van der Waals surface area contributed by atoms with E-state index in [1.807, 2.05) is 14.1 Å². The number of halogens is 1. The van der Waals surface area contributed by atoms with Crippen molar-refractivity contribution in [1.29, 1.82) is 0 Å². The van der Waals surface area contributed by atoms with Crippen LogP contribution in [0, 0.1) is 0 Å². The molecule has 0 unspecified atom stereocenters. The lowest BCUT2D eigenvalue weighted by Crippen LogP contribution is -2.17. The van der Waals surface area contributed by atoms with Gasteiger partial charge in [0.25, 0.3) is 10.0 Å².